The van der Waals surface area contributed by atoms with Crippen LogP contribution in [0.4, 0.5) is 11.4 Å². The standard InChI is InChI=1S/C8H8N5O/c14-12-8-3-1-7(2-4-8)11-13-6-9-5-10-13/h1-6,11-12H/q-1. The van der Waals surface area contributed by atoms with Gasteiger partial charge in [-0.1, -0.05) is 0 Å². The normalized spacial score (nSPS) is 9.79. The Hall–Kier alpha value is -2.08. The highest BCUT2D eigenvalue weighted by atomic mass is 16.5. The van der Waals surface area contributed by atoms with Gasteiger partial charge in [0.25, 0.3) is 0 Å². The van der Waals surface area contributed by atoms with Gasteiger partial charge in [-0.15, -0.1) is 5.10 Å². The lowest BCUT2D eigenvalue weighted by Crippen LogP contribution is -2.08. The summed E-state index contributed by atoms with van der Waals surface area (Å²) >= 11 is 0. The molecule has 0 saturated carbocycles. The molecule has 1 aromatic carbocycles. The molecule has 0 aliphatic heterocycles. The molecule has 1 heterocycles. The summed E-state index contributed by atoms with van der Waals surface area (Å²) in [6.07, 6.45) is 2.97. The molecule has 0 radical (unpaired) electrons. The van der Waals surface area contributed by atoms with Crippen LogP contribution in [0.2, 0.25) is 0 Å². The molecule has 0 aliphatic rings. The molecule has 14 heavy (non-hydrogen) atoms. The average molecular weight is 190 g/mol. The van der Waals surface area contributed by atoms with Gasteiger partial charge in [-0.2, -0.15) is 4.79 Å². The van der Waals surface area contributed by atoms with Gasteiger partial charge in [0, 0.05) is 5.69 Å². The molecule has 0 fully saturated rings. The first-order valence-electron chi connectivity index (χ1n) is 3.98. The molecule has 6 heteroatoms. The minimum Gasteiger partial charge on any atom is -0.761 e. The van der Waals surface area contributed by atoms with Gasteiger partial charge in [-0.25, -0.2) is 4.98 Å². The smallest absolute Gasteiger partial charge is 0.139 e. The Balaban J connectivity index is 2.10. The molecule has 2 aromatic rings. The van der Waals surface area contributed by atoms with Gasteiger partial charge >= 0.3 is 0 Å². The van der Waals surface area contributed by atoms with Crippen molar-refractivity contribution >= 4 is 11.4 Å². The summed E-state index contributed by atoms with van der Waals surface area (Å²) in [5.74, 6) is 0. The second kappa shape index (κ2) is 3.75. The van der Waals surface area contributed by atoms with Crippen molar-refractivity contribution in [3.05, 3.63) is 42.1 Å². The molecular formula is C8H8N5O-. The van der Waals surface area contributed by atoms with Gasteiger partial charge in [0.2, 0.25) is 0 Å². The van der Waals surface area contributed by atoms with Crippen molar-refractivity contribution in [2.45, 2.75) is 0 Å². The van der Waals surface area contributed by atoms with Crippen LogP contribution in [0.3, 0.4) is 0 Å². The molecule has 0 aliphatic carbocycles. The van der Waals surface area contributed by atoms with E-state index in [0.29, 0.717) is 5.69 Å². The largest absolute Gasteiger partial charge is 0.761 e. The predicted octanol–water partition coefficient (Wildman–Crippen LogP) is 1.06. The summed E-state index contributed by atoms with van der Waals surface area (Å²) in [7, 11) is 0. The van der Waals surface area contributed by atoms with Crippen molar-refractivity contribution in [2.24, 2.45) is 0 Å². The van der Waals surface area contributed by atoms with E-state index >= 15 is 0 Å². The van der Waals surface area contributed by atoms with E-state index in [4.69, 9.17) is 0 Å². The van der Waals surface area contributed by atoms with Crippen LogP contribution in [0.15, 0.2) is 36.9 Å². The van der Waals surface area contributed by atoms with Gasteiger partial charge in [0.15, 0.2) is 0 Å². The lowest BCUT2D eigenvalue weighted by Gasteiger charge is -2.10. The van der Waals surface area contributed by atoms with Gasteiger partial charge in [-0.05, 0) is 24.3 Å². The lowest BCUT2D eigenvalue weighted by atomic mass is 10.3. The van der Waals surface area contributed by atoms with Crippen LogP contribution in [0.25, 0.3) is 0 Å². The van der Waals surface area contributed by atoms with E-state index in [2.05, 4.69) is 15.5 Å². The Morgan fingerprint density at radius 1 is 1.14 bits per heavy atom. The van der Waals surface area contributed by atoms with Gasteiger partial charge in [0.05, 0.1) is 5.69 Å². The van der Waals surface area contributed by atoms with Crippen LogP contribution in [-0.4, -0.2) is 14.9 Å². The minimum absolute atomic E-state index is 0.522. The fourth-order valence-corrected chi connectivity index (χ4v) is 1.01. The van der Waals surface area contributed by atoms with Crippen molar-refractivity contribution in [1.29, 1.82) is 0 Å². The third-order valence-corrected chi connectivity index (χ3v) is 1.67. The Bertz CT molecular complexity index is 383. The van der Waals surface area contributed by atoms with Crippen molar-refractivity contribution in [3.8, 4) is 0 Å². The highest BCUT2D eigenvalue weighted by Gasteiger charge is 1.92. The molecule has 0 amide bonds. The molecule has 1 aromatic heterocycles. The number of rotatable bonds is 3. The van der Waals surface area contributed by atoms with Crippen molar-refractivity contribution in [2.75, 3.05) is 10.9 Å². The number of benzene rings is 1. The fourth-order valence-electron chi connectivity index (χ4n) is 1.01. The number of hydrogen-bond donors (Lipinski definition) is 2. The number of aromatic nitrogens is 3. The Labute approximate surface area is 80.1 Å². The molecule has 0 atom stereocenters. The number of nitrogens with one attached hydrogen (secondary N) is 2. The molecule has 0 spiro atoms. The Morgan fingerprint density at radius 2 is 1.86 bits per heavy atom. The maximum absolute atomic E-state index is 10.3. The van der Waals surface area contributed by atoms with Gasteiger partial charge in [0.1, 0.15) is 12.7 Å². The van der Waals surface area contributed by atoms with Crippen LogP contribution >= 0.6 is 0 Å². The van der Waals surface area contributed by atoms with Crippen molar-refractivity contribution in [3.63, 3.8) is 0 Å². The first-order valence-corrected chi connectivity index (χ1v) is 3.98. The maximum atomic E-state index is 10.3. The first kappa shape index (κ1) is 8.52. The summed E-state index contributed by atoms with van der Waals surface area (Å²) < 4.78 is 0. The summed E-state index contributed by atoms with van der Waals surface area (Å²) in [6, 6.07) is 6.88. The average Bonchev–Trinajstić information content (AvgIpc) is 2.72. The quantitative estimate of drug-likeness (QED) is 0.707. The molecule has 6 nitrogen and oxygen atoms in total. The van der Waals surface area contributed by atoms with Crippen molar-refractivity contribution < 1.29 is 0 Å². The van der Waals surface area contributed by atoms with Crippen LogP contribution in [0, 0.1) is 5.21 Å². The van der Waals surface area contributed by atoms with Crippen LogP contribution in [0.5, 0.6) is 0 Å². The number of anilines is 2. The minimum atomic E-state index is 0.522. The highest BCUT2D eigenvalue weighted by molar-refractivity contribution is 5.53. The molecule has 2 rings (SSSR count). The monoisotopic (exact) mass is 190 g/mol. The van der Waals surface area contributed by atoms with Gasteiger partial charge < -0.3 is 10.7 Å². The number of nitrogens with zero attached hydrogens (tertiary/aromatic N) is 3. The van der Waals surface area contributed by atoms with Crippen LogP contribution in [0.1, 0.15) is 0 Å². The first-order chi connectivity index (χ1) is 6.88. The second-order valence-corrected chi connectivity index (χ2v) is 2.63. The molecule has 2 N–H and O–H groups in total. The predicted molar refractivity (Wildman–Crippen MR) is 52.5 cm³/mol. The zero-order chi connectivity index (χ0) is 9.80. The summed E-state index contributed by atoms with van der Waals surface area (Å²) in [6.45, 7) is 0. The second-order valence-electron chi connectivity index (χ2n) is 2.63. The Kier molecular flexibility index (Phi) is 2.28. The van der Waals surface area contributed by atoms with E-state index in [9.17, 15) is 5.21 Å². The molecule has 0 saturated heterocycles. The van der Waals surface area contributed by atoms with E-state index in [1.165, 1.54) is 11.1 Å². The zero-order valence-corrected chi connectivity index (χ0v) is 7.21. The Morgan fingerprint density at radius 3 is 2.43 bits per heavy atom. The highest BCUT2D eigenvalue weighted by Crippen LogP contribution is 2.12. The summed E-state index contributed by atoms with van der Waals surface area (Å²) in [5, 5.41) is 14.1. The van der Waals surface area contributed by atoms with E-state index in [0.717, 1.165) is 5.69 Å². The third-order valence-electron chi connectivity index (χ3n) is 1.67. The van der Waals surface area contributed by atoms with Crippen LogP contribution in [-0.2, 0) is 0 Å². The topological polar surface area (TPSA) is 77.8 Å². The SMILES string of the molecule is [O-]Nc1ccc(Nn2cncn2)cc1. The lowest BCUT2D eigenvalue weighted by molar-refractivity contribution is 0.802. The van der Waals surface area contributed by atoms with Crippen LogP contribution < -0.4 is 10.9 Å². The third kappa shape index (κ3) is 1.80. The molecule has 72 valence electrons. The van der Waals surface area contributed by atoms with E-state index in [1.807, 2.05) is 0 Å². The molecule has 0 unspecified atom stereocenters. The molecule has 0 bridgehead atoms. The van der Waals surface area contributed by atoms with E-state index in [-0.39, 0.29) is 0 Å². The zero-order valence-electron chi connectivity index (χ0n) is 7.21. The van der Waals surface area contributed by atoms with E-state index in [1.54, 1.807) is 36.1 Å². The summed E-state index contributed by atoms with van der Waals surface area (Å²) in [4.78, 5) is 5.25. The summed E-state index contributed by atoms with van der Waals surface area (Å²) in [5.41, 5.74) is 6.10. The fraction of sp³-hybridized carbons (Fsp3) is 0. The maximum Gasteiger partial charge on any atom is 0.139 e. The van der Waals surface area contributed by atoms with Gasteiger partial charge in [-0.3, -0.25) is 5.43 Å². The van der Waals surface area contributed by atoms with Crippen molar-refractivity contribution in [1.82, 2.24) is 14.9 Å². The number of hydrogen-bond acceptors (Lipinski definition) is 5. The van der Waals surface area contributed by atoms with E-state index < -0.39 is 0 Å². The molecular weight excluding hydrogens is 182 g/mol.